The Morgan fingerprint density at radius 2 is 1.05 bits per heavy atom. The van der Waals surface area contributed by atoms with E-state index in [0.29, 0.717) is 124 Å². The second kappa shape index (κ2) is 25.0. The molecule has 0 saturated heterocycles. The first-order valence-electron chi connectivity index (χ1n) is 20.4. The molecule has 1 atom stereocenters. The Morgan fingerprint density at radius 3 is 1.64 bits per heavy atom. The van der Waals surface area contributed by atoms with Crippen molar-refractivity contribution in [2.24, 2.45) is 0 Å². The Labute approximate surface area is 343 Å². The molecule has 2 heterocycles. The Bertz CT molecular complexity index is 1660. The maximum absolute atomic E-state index is 8.80. The molecule has 3 aromatic carbocycles. The highest BCUT2D eigenvalue weighted by Gasteiger charge is 2.52. The third kappa shape index (κ3) is 12.4. The predicted molar refractivity (Wildman–Crippen MR) is 221 cm³/mol. The van der Waals surface area contributed by atoms with Gasteiger partial charge < -0.3 is 67.4 Å². The zero-order chi connectivity index (χ0) is 40.8. The summed E-state index contributed by atoms with van der Waals surface area (Å²) in [6, 6.07) is 20.8. The lowest BCUT2D eigenvalue weighted by molar-refractivity contribution is -0.00777. The first-order valence-corrected chi connectivity index (χ1v) is 20.4. The van der Waals surface area contributed by atoms with Crippen LogP contribution in [0.5, 0.6) is 11.5 Å². The molecule has 2 aliphatic heterocycles. The summed E-state index contributed by atoms with van der Waals surface area (Å²) >= 11 is 0. The average Bonchev–Trinajstić information content (AvgIpc) is 3.54. The van der Waals surface area contributed by atoms with E-state index in [-0.39, 0.29) is 13.2 Å². The van der Waals surface area contributed by atoms with Crippen LogP contribution in [0.3, 0.4) is 0 Å². The zero-order valence-electron chi connectivity index (χ0n) is 34.2. The molecular formula is C44H62N2O12. The van der Waals surface area contributed by atoms with Crippen molar-refractivity contribution in [3.8, 4) is 11.5 Å². The number of aliphatic hydroxyl groups excluding tert-OH is 2. The van der Waals surface area contributed by atoms with Crippen molar-refractivity contribution in [3.63, 3.8) is 0 Å². The minimum absolute atomic E-state index is 0.00140. The van der Waals surface area contributed by atoms with E-state index in [1.54, 1.807) is 0 Å². The number of anilines is 2. The number of aliphatic hydroxyl groups is 2. The molecule has 2 N–H and O–H groups in total. The summed E-state index contributed by atoms with van der Waals surface area (Å²) in [4.78, 5) is 4.43. The molecule has 0 aromatic heterocycles. The molecule has 58 heavy (non-hydrogen) atoms. The molecule has 1 unspecified atom stereocenters. The van der Waals surface area contributed by atoms with Crippen LogP contribution in [0.2, 0.25) is 0 Å². The van der Waals surface area contributed by atoms with Crippen LogP contribution in [0.25, 0.3) is 5.76 Å². The van der Waals surface area contributed by atoms with Gasteiger partial charge in [-0.05, 0) is 44.2 Å². The van der Waals surface area contributed by atoms with Crippen LogP contribution in [-0.4, -0.2) is 149 Å². The van der Waals surface area contributed by atoms with Crippen LogP contribution < -0.4 is 14.5 Å². The summed E-state index contributed by atoms with van der Waals surface area (Å²) in [5, 5.41) is 17.6. The SMILES string of the molecule is C=C1OC2(c3ccc(N(CC)CC)cc3Oc3ccc(N(CCOCCOCCOCCOCCO)COCCOCCOCCOCCO)cc32)c2ccccc21. The van der Waals surface area contributed by atoms with E-state index in [1.807, 2.05) is 24.3 Å². The molecule has 0 fully saturated rings. The van der Waals surface area contributed by atoms with Gasteiger partial charge in [-0.15, -0.1) is 0 Å². The van der Waals surface area contributed by atoms with E-state index in [9.17, 15) is 0 Å². The van der Waals surface area contributed by atoms with Crippen molar-refractivity contribution in [3.05, 3.63) is 89.5 Å². The minimum atomic E-state index is -0.966. The predicted octanol–water partition coefficient (Wildman–Crippen LogP) is 4.81. The van der Waals surface area contributed by atoms with E-state index in [2.05, 4.69) is 66.6 Å². The second-order valence-corrected chi connectivity index (χ2v) is 13.4. The Kier molecular flexibility index (Phi) is 19.5. The third-order valence-electron chi connectivity index (χ3n) is 9.74. The molecule has 0 amide bonds. The highest BCUT2D eigenvalue weighted by atomic mass is 16.6. The van der Waals surface area contributed by atoms with Crippen LogP contribution in [0.4, 0.5) is 11.4 Å². The zero-order valence-corrected chi connectivity index (χ0v) is 34.2. The van der Waals surface area contributed by atoms with Crippen molar-refractivity contribution in [1.82, 2.24) is 0 Å². The van der Waals surface area contributed by atoms with E-state index >= 15 is 0 Å². The molecule has 3 aromatic rings. The van der Waals surface area contributed by atoms with Gasteiger partial charge in [0.25, 0.3) is 0 Å². The number of hydrogen-bond acceptors (Lipinski definition) is 14. The average molecular weight is 811 g/mol. The monoisotopic (exact) mass is 810 g/mol. The van der Waals surface area contributed by atoms with Gasteiger partial charge in [-0.2, -0.15) is 0 Å². The van der Waals surface area contributed by atoms with Gasteiger partial charge >= 0.3 is 0 Å². The molecule has 5 rings (SSSR count). The lowest BCUT2D eigenvalue weighted by atomic mass is 9.77. The van der Waals surface area contributed by atoms with Gasteiger partial charge in [-0.3, -0.25) is 0 Å². The molecule has 0 bridgehead atoms. The normalized spacial score (nSPS) is 15.2. The topological polar surface area (TPSA) is 139 Å². The fraction of sp³-hybridized carbons (Fsp3) is 0.545. The van der Waals surface area contributed by atoms with Gasteiger partial charge in [0.05, 0.1) is 112 Å². The van der Waals surface area contributed by atoms with Crippen molar-refractivity contribution in [1.29, 1.82) is 0 Å². The first-order chi connectivity index (χ1) is 28.6. The summed E-state index contributed by atoms with van der Waals surface area (Å²) in [6.45, 7) is 17.5. The molecule has 0 radical (unpaired) electrons. The summed E-state index contributed by atoms with van der Waals surface area (Å²) in [6.07, 6.45) is 0. The molecule has 0 saturated carbocycles. The number of ether oxygens (including phenoxy) is 10. The number of hydrogen-bond donors (Lipinski definition) is 2. The van der Waals surface area contributed by atoms with Gasteiger partial charge in [0.15, 0.2) is 5.60 Å². The van der Waals surface area contributed by atoms with Crippen LogP contribution in [0.15, 0.2) is 67.2 Å². The summed E-state index contributed by atoms with van der Waals surface area (Å²) in [5.41, 5.74) is 4.83. The smallest absolute Gasteiger partial charge is 0.192 e. The fourth-order valence-electron chi connectivity index (χ4n) is 6.91. The lowest BCUT2D eigenvalue weighted by Gasteiger charge is -2.38. The summed E-state index contributed by atoms with van der Waals surface area (Å²) < 4.78 is 58.6. The Morgan fingerprint density at radius 1 is 0.534 bits per heavy atom. The largest absolute Gasteiger partial charge is 0.473 e. The maximum atomic E-state index is 8.80. The van der Waals surface area contributed by atoms with Gasteiger partial charge in [-0.25, -0.2) is 0 Å². The van der Waals surface area contributed by atoms with Crippen molar-refractivity contribution in [2.45, 2.75) is 19.4 Å². The van der Waals surface area contributed by atoms with Gasteiger partial charge in [0.2, 0.25) is 0 Å². The number of benzene rings is 3. The van der Waals surface area contributed by atoms with Gasteiger partial charge in [0, 0.05) is 59.3 Å². The van der Waals surface area contributed by atoms with Crippen LogP contribution >= 0.6 is 0 Å². The molecular weight excluding hydrogens is 748 g/mol. The van der Waals surface area contributed by atoms with E-state index in [0.717, 1.165) is 52.5 Å². The molecule has 0 aliphatic carbocycles. The second-order valence-electron chi connectivity index (χ2n) is 13.4. The summed E-state index contributed by atoms with van der Waals surface area (Å²) in [7, 11) is 0. The van der Waals surface area contributed by atoms with Crippen LogP contribution in [0, 0.1) is 0 Å². The Balaban J connectivity index is 1.26. The highest BCUT2D eigenvalue weighted by molar-refractivity contribution is 5.77. The molecule has 14 heteroatoms. The van der Waals surface area contributed by atoms with Crippen LogP contribution in [0.1, 0.15) is 36.1 Å². The lowest BCUT2D eigenvalue weighted by Crippen LogP contribution is -2.34. The quantitative estimate of drug-likeness (QED) is 0.0679. The number of fused-ring (bicyclic) bond motifs is 6. The molecule has 14 nitrogen and oxygen atoms in total. The minimum Gasteiger partial charge on any atom is -0.473 e. The van der Waals surface area contributed by atoms with Crippen molar-refractivity contribution in [2.75, 3.05) is 148 Å². The maximum Gasteiger partial charge on any atom is 0.192 e. The Hall–Kier alpha value is -3.80. The summed E-state index contributed by atoms with van der Waals surface area (Å²) in [5.74, 6) is 2.08. The number of rotatable bonds is 31. The standard InChI is InChI=1S/C44H62N2O12/c1-4-45(5-2)37-10-12-40-43(33-37)57-42-13-11-36(32-41(42)44(40)39-9-7-6-8-38(39)35(3)58-44)46(34-56-31-30-55-29-28-54-25-22-51-19-16-48)14-17-49-20-23-52-26-27-53-24-21-50-18-15-47/h6-13,32-33,47-48H,3-5,14-31,34H2,1-2H3. The van der Waals surface area contributed by atoms with E-state index in [1.165, 1.54) is 0 Å². The van der Waals surface area contributed by atoms with E-state index < -0.39 is 5.60 Å². The number of nitrogens with zero attached hydrogens (tertiary/aromatic N) is 2. The van der Waals surface area contributed by atoms with Gasteiger partial charge in [-0.1, -0.05) is 30.8 Å². The highest BCUT2D eigenvalue weighted by Crippen LogP contribution is 2.59. The van der Waals surface area contributed by atoms with E-state index in [4.69, 9.17) is 57.6 Å². The van der Waals surface area contributed by atoms with Crippen molar-refractivity contribution >= 4 is 17.1 Å². The fourth-order valence-corrected chi connectivity index (χ4v) is 6.91. The van der Waals surface area contributed by atoms with Crippen LogP contribution in [-0.2, 0) is 48.2 Å². The van der Waals surface area contributed by atoms with Gasteiger partial charge in [0.1, 0.15) is 24.0 Å². The molecule has 2 aliphatic rings. The molecule has 1 spiro atoms. The third-order valence-corrected chi connectivity index (χ3v) is 9.74. The molecule has 320 valence electrons. The first kappa shape index (κ1) is 45.3. The van der Waals surface area contributed by atoms with Crippen molar-refractivity contribution < 1.29 is 57.6 Å².